The molecular formula is C26H27N5O3. The Kier molecular flexibility index (Phi) is 7.83. The summed E-state index contributed by atoms with van der Waals surface area (Å²) in [5.41, 5.74) is 5.26. The van der Waals surface area contributed by atoms with Gasteiger partial charge in [0.2, 0.25) is 0 Å². The Morgan fingerprint density at radius 3 is 2.47 bits per heavy atom. The number of hydrogen-bond donors (Lipinski definition) is 3. The number of anilines is 1. The van der Waals surface area contributed by atoms with E-state index in [0.717, 1.165) is 55.8 Å². The minimum atomic E-state index is -0.578. The molecule has 1 aliphatic rings. The molecule has 0 spiro atoms. The summed E-state index contributed by atoms with van der Waals surface area (Å²) in [6, 6.07) is 14.8. The van der Waals surface area contributed by atoms with Crippen LogP contribution in [0.4, 0.5) is 5.82 Å². The molecule has 8 heteroatoms. The van der Waals surface area contributed by atoms with Crippen LogP contribution in [0.3, 0.4) is 0 Å². The third kappa shape index (κ3) is 5.97. The van der Waals surface area contributed by atoms with Gasteiger partial charge in [-0.25, -0.2) is 10.5 Å². The predicted octanol–water partition coefficient (Wildman–Crippen LogP) is 2.17. The minimum Gasteiger partial charge on any atom is -0.396 e. The van der Waals surface area contributed by atoms with Crippen molar-refractivity contribution in [2.75, 3.05) is 44.2 Å². The van der Waals surface area contributed by atoms with Crippen LogP contribution in [0.25, 0.3) is 11.3 Å². The van der Waals surface area contributed by atoms with Gasteiger partial charge in [-0.3, -0.25) is 19.9 Å². The molecule has 1 aromatic carbocycles. The standard InChI is InChI=1S/C26H27N5O3/c32-16-2-11-30-12-14-31(15-13-30)25-18-23(26(33)29-34)17-24(28-25)22-8-6-20(7-9-22)4-5-21-3-1-10-27-19-21/h1,3,6-10,17-19,32,34H,2,11-16H2,(H,29,33). The first-order valence-electron chi connectivity index (χ1n) is 11.2. The van der Waals surface area contributed by atoms with Gasteiger partial charge in [-0.2, -0.15) is 0 Å². The third-order valence-corrected chi connectivity index (χ3v) is 5.70. The average Bonchev–Trinajstić information content (AvgIpc) is 2.91. The fourth-order valence-corrected chi connectivity index (χ4v) is 3.82. The molecule has 2 aromatic heterocycles. The summed E-state index contributed by atoms with van der Waals surface area (Å²) in [5.74, 6) is 6.33. The molecule has 0 atom stereocenters. The molecule has 8 nitrogen and oxygen atoms in total. The Bertz CT molecular complexity index is 1160. The molecule has 0 saturated carbocycles. The Balaban J connectivity index is 1.55. The number of carbonyl (C=O) groups is 1. The van der Waals surface area contributed by atoms with Crippen LogP contribution in [0.2, 0.25) is 0 Å². The normalized spacial score (nSPS) is 13.8. The number of carbonyl (C=O) groups excluding carboxylic acids is 1. The highest BCUT2D eigenvalue weighted by Gasteiger charge is 2.20. The highest BCUT2D eigenvalue weighted by atomic mass is 16.5. The number of nitrogens with one attached hydrogen (secondary N) is 1. The van der Waals surface area contributed by atoms with Gasteiger partial charge in [0, 0.05) is 74.0 Å². The first-order valence-corrected chi connectivity index (χ1v) is 11.2. The fourth-order valence-electron chi connectivity index (χ4n) is 3.82. The van der Waals surface area contributed by atoms with Crippen molar-refractivity contribution in [2.45, 2.75) is 6.42 Å². The maximum absolute atomic E-state index is 12.2. The molecule has 0 radical (unpaired) electrons. The van der Waals surface area contributed by atoms with E-state index in [1.54, 1.807) is 30.0 Å². The van der Waals surface area contributed by atoms with E-state index >= 15 is 0 Å². The topological polar surface area (TPSA) is 102 Å². The zero-order valence-electron chi connectivity index (χ0n) is 18.8. The molecule has 1 aliphatic heterocycles. The third-order valence-electron chi connectivity index (χ3n) is 5.70. The van der Waals surface area contributed by atoms with Crippen LogP contribution in [-0.4, -0.2) is 70.4 Å². The lowest BCUT2D eigenvalue weighted by molar-refractivity contribution is 0.0706. The van der Waals surface area contributed by atoms with E-state index in [-0.39, 0.29) is 6.61 Å². The monoisotopic (exact) mass is 457 g/mol. The van der Waals surface area contributed by atoms with Gasteiger partial charge in [0.1, 0.15) is 5.82 Å². The molecule has 0 unspecified atom stereocenters. The van der Waals surface area contributed by atoms with Gasteiger partial charge in [0.15, 0.2) is 0 Å². The molecule has 0 aliphatic carbocycles. The number of benzene rings is 1. The number of rotatable bonds is 6. The molecule has 3 N–H and O–H groups in total. The number of amides is 1. The summed E-state index contributed by atoms with van der Waals surface area (Å²) < 4.78 is 0. The molecule has 3 heterocycles. The van der Waals surface area contributed by atoms with E-state index < -0.39 is 5.91 Å². The van der Waals surface area contributed by atoms with Crippen molar-refractivity contribution in [1.29, 1.82) is 0 Å². The first kappa shape index (κ1) is 23.4. The van der Waals surface area contributed by atoms with E-state index in [4.69, 9.17) is 10.1 Å². The number of aliphatic hydroxyl groups is 1. The molecule has 1 amide bonds. The predicted molar refractivity (Wildman–Crippen MR) is 129 cm³/mol. The van der Waals surface area contributed by atoms with E-state index in [1.165, 1.54) is 0 Å². The van der Waals surface area contributed by atoms with Crippen LogP contribution in [0.15, 0.2) is 60.9 Å². The Morgan fingerprint density at radius 2 is 1.79 bits per heavy atom. The van der Waals surface area contributed by atoms with E-state index in [0.29, 0.717) is 17.1 Å². The molecule has 0 bridgehead atoms. The van der Waals surface area contributed by atoms with E-state index in [2.05, 4.69) is 26.6 Å². The largest absolute Gasteiger partial charge is 0.396 e. The second kappa shape index (κ2) is 11.4. The Morgan fingerprint density at radius 1 is 1.03 bits per heavy atom. The number of aliphatic hydroxyl groups excluding tert-OH is 1. The van der Waals surface area contributed by atoms with Gasteiger partial charge in [0.25, 0.3) is 5.91 Å². The molecule has 4 rings (SSSR count). The Hall–Kier alpha value is -3.77. The molecule has 1 fully saturated rings. The summed E-state index contributed by atoms with van der Waals surface area (Å²) in [6.07, 6.45) is 4.19. The van der Waals surface area contributed by atoms with Crippen LogP contribution in [0, 0.1) is 11.8 Å². The lowest BCUT2D eigenvalue weighted by Crippen LogP contribution is -2.47. The second-order valence-electron chi connectivity index (χ2n) is 8.02. The number of nitrogens with zero attached hydrogens (tertiary/aromatic N) is 4. The van der Waals surface area contributed by atoms with Crippen LogP contribution in [-0.2, 0) is 0 Å². The van der Waals surface area contributed by atoms with Crippen molar-refractivity contribution in [3.63, 3.8) is 0 Å². The van der Waals surface area contributed by atoms with Crippen molar-refractivity contribution in [2.24, 2.45) is 0 Å². The summed E-state index contributed by atoms with van der Waals surface area (Å²) in [4.78, 5) is 25.5. The summed E-state index contributed by atoms with van der Waals surface area (Å²) in [7, 11) is 0. The lowest BCUT2D eigenvalue weighted by Gasteiger charge is -2.35. The SMILES string of the molecule is O=C(NO)c1cc(-c2ccc(C#Cc3cccnc3)cc2)nc(N2CCN(CCCO)CC2)c1. The van der Waals surface area contributed by atoms with Gasteiger partial charge >= 0.3 is 0 Å². The zero-order chi connectivity index (χ0) is 23.8. The molecular weight excluding hydrogens is 430 g/mol. The molecule has 3 aromatic rings. The van der Waals surface area contributed by atoms with Gasteiger partial charge < -0.3 is 10.0 Å². The number of piperazine rings is 1. The molecule has 34 heavy (non-hydrogen) atoms. The molecule has 1 saturated heterocycles. The van der Waals surface area contributed by atoms with Gasteiger partial charge in [-0.15, -0.1) is 0 Å². The number of hydrogen-bond acceptors (Lipinski definition) is 7. The van der Waals surface area contributed by atoms with Crippen LogP contribution >= 0.6 is 0 Å². The van der Waals surface area contributed by atoms with Crippen molar-refractivity contribution in [3.05, 3.63) is 77.6 Å². The van der Waals surface area contributed by atoms with Crippen molar-refractivity contribution in [1.82, 2.24) is 20.3 Å². The van der Waals surface area contributed by atoms with Crippen LogP contribution in [0.5, 0.6) is 0 Å². The quantitative estimate of drug-likeness (QED) is 0.296. The number of aromatic nitrogens is 2. The summed E-state index contributed by atoms with van der Waals surface area (Å²) in [6.45, 7) is 4.31. The smallest absolute Gasteiger partial charge is 0.274 e. The van der Waals surface area contributed by atoms with E-state index in [9.17, 15) is 10.0 Å². The maximum Gasteiger partial charge on any atom is 0.274 e. The highest BCUT2D eigenvalue weighted by Crippen LogP contribution is 2.24. The van der Waals surface area contributed by atoms with Crippen LogP contribution in [0.1, 0.15) is 27.9 Å². The fraction of sp³-hybridized carbons (Fsp3) is 0.269. The van der Waals surface area contributed by atoms with Gasteiger partial charge in [-0.1, -0.05) is 24.0 Å². The van der Waals surface area contributed by atoms with Crippen molar-refractivity contribution < 1.29 is 15.1 Å². The van der Waals surface area contributed by atoms with Gasteiger partial charge in [0.05, 0.1) is 5.69 Å². The van der Waals surface area contributed by atoms with Crippen LogP contribution < -0.4 is 10.4 Å². The Labute approximate surface area is 198 Å². The maximum atomic E-state index is 12.2. The average molecular weight is 458 g/mol. The van der Waals surface area contributed by atoms with Crippen molar-refractivity contribution in [3.8, 4) is 23.1 Å². The van der Waals surface area contributed by atoms with Gasteiger partial charge in [-0.05, 0) is 42.8 Å². The summed E-state index contributed by atoms with van der Waals surface area (Å²) in [5, 5.41) is 18.2. The lowest BCUT2D eigenvalue weighted by atomic mass is 10.1. The zero-order valence-corrected chi connectivity index (χ0v) is 18.8. The summed E-state index contributed by atoms with van der Waals surface area (Å²) >= 11 is 0. The second-order valence-corrected chi connectivity index (χ2v) is 8.02. The number of pyridine rings is 2. The first-order chi connectivity index (χ1) is 16.7. The highest BCUT2D eigenvalue weighted by molar-refractivity contribution is 5.95. The molecule has 174 valence electrons. The minimum absolute atomic E-state index is 0.192. The van der Waals surface area contributed by atoms with Crippen molar-refractivity contribution >= 4 is 11.7 Å². The van der Waals surface area contributed by atoms with E-state index in [1.807, 2.05) is 36.4 Å². The number of hydroxylamine groups is 1.